The van der Waals surface area contributed by atoms with E-state index in [1.54, 1.807) is 58.5 Å². The lowest BCUT2D eigenvalue weighted by Crippen LogP contribution is -2.50. The molecule has 0 aromatic heterocycles. The lowest BCUT2D eigenvalue weighted by atomic mass is 9.84. The van der Waals surface area contributed by atoms with E-state index >= 15 is 0 Å². The standard InChI is InChI=1S/C36H28N6O8/c1-19-3-11-23(12-4-19)37-33(43)27-29(21-7-15-25(16-8-21)41(47)48)40-32-28(34(44)38(36(32)46)24-13-5-20(2)6-14-24)30(39(40)31(27)35(37)45)22-9-17-26(18-10-22)42(49)50/h3-18,27-32H,1-2H3. The number of nitrogens with zero attached hydrogens (tertiary/aromatic N) is 6. The van der Waals surface area contributed by atoms with Gasteiger partial charge in [0.1, 0.15) is 12.1 Å². The van der Waals surface area contributed by atoms with Crippen molar-refractivity contribution in [3.8, 4) is 0 Å². The molecule has 14 heteroatoms. The Morgan fingerprint density at radius 1 is 0.460 bits per heavy atom. The molecule has 4 fully saturated rings. The van der Waals surface area contributed by atoms with Crippen LogP contribution in [0.4, 0.5) is 22.7 Å². The summed E-state index contributed by atoms with van der Waals surface area (Å²) in [5.41, 5.74) is 3.07. The Hall–Kier alpha value is -6.12. The number of imide groups is 2. The lowest BCUT2D eigenvalue weighted by Gasteiger charge is -2.35. The highest BCUT2D eigenvalue weighted by Crippen LogP contribution is 2.59. The molecule has 0 aliphatic carbocycles. The Morgan fingerprint density at radius 3 is 1.08 bits per heavy atom. The van der Waals surface area contributed by atoms with Gasteiger partial charge in [0, 0.05) is 24.3 Å². The molecule has 0 saturated carbocycles. The van der Waals surface area contributed by atoms with Crippen molar-refractivity contribution in [3.05, 3.63) is 140 Å². The minimum Gasteiger partial charge on any atom is -0.274 e. The number of aryl methyl sites for hydroxylation is 2. The molecule has 0 spiro atoms. The van der Waals surface area contributed by atoms with Gasteiger partial charge in [-0.15, -0.1) is 0 Å². The predicted octanol–water partition coefficient (Wildman–Crippen LogP) is 4.56. The van der Waals surface area contributed by atoms with Crippen molar-refractivity contribution in [1.29, 1.82) is 0 Å². The maximum Gasteiger partial charge on any atom is 0.269 e. The number of nitro benzene ring substituents is 2. The molecule has 4 saturated heterocycles. The van der Waals surface area contributed by atoms with E-state index in [0.29, 0.717) is 22.5 Å². The van der Waals surface area contributed by atoms with Crippen molar-refractivity contribution in [2.24, 2.45) is 11.8 Å². The number of rotatable bonds is 6. The van der Waals surface area contributed by atoms with Crippen LogP contribution in [-0.4, -0.2) is 55.6 Å². The summed E-state index contributed by atoms with van der Waals surface area (Å²) >= 11 is 0. The molecule has 4 aromatic carbocycles. The highest BCUT2D eigenvalue weighted by Gasteiger charge is 2.73. The number of benzene rings is 4. The van der Waals surface area contributed by atoms with Crippen molar-refractivity contribution >= 4 is 46.4 Å². The van der Waals surface area contributed by atoms with Crippen LogP contribution in [0.5, 0.6) is 0 Å². The Balaban J connectivity index is 1.33. The molecule has 6 atom stereocenters. The average Bonchev–Trinajstić information content (AvgIpc) is 3.77. The second-order valence-electron chi connectivity index (χ2n) is 13.0. The summed E-state index contributed by atoms with van der Waals surface area (Å²) in [4.78, 5) is 82.3. The summed E-state index contributed by atoms with van der Waals surface area (Å²) < 4.78 is 0. The topological polar surface area (TPSA) is 168 Å². The summed E-state index contributed by atoms with van der Waals surface area (Å²) in [5.74, 6) is -4.28. The molecule has 0 bridgehead atoms. The van der Waals surface area contributed by atoms with Crippen LogP contribution in [0.3, 0.4) is 0 Å². The fourth-order valence-corrected chi connectivity index (χ4v) is 7.98. The highest BCUT2D eigenvalue weighted by molar-refractivity contribution is 6.26. The van der Waals surface area contributed by atoms with Gasteiger partial charge in [-0.25, -0.2) is 19.8 Å². The van der Waals surface area contributed by atoms with E-state index in [-0.39, 0.29) is 11.4 Å². The monoisotopic (exact) mass is 672 g/mol. The molecule has 4 heterocycles. The normalized spacial score (nSPS) is 26.0. The number of hydrogen-bond donors (Lipinski definition) is 0. The molecular formula is C36H28N6O8. The number of carbonyl (C=O) groups is 4. The van der Waals surface area contributed by atoms with Gasteiger partial charge in [-0.1, -0.05) is 59.7 Å². The quantitative estimate of drug-likeness (QED) is 0.161. The number of anilines is 2. The summed E-state index contributed by atoms with van der Waals surface area (Å²) in [6, 6.07) is 20.7. The van der Waals surface area contributed by atoms with Crippen molar-refractivity contribution in [1.82, 2.24) is 10.0 Å². The smallest absolute Gasteiger partial charge is 0.269 e. The summed E-state index contributed by atoms with van der Waals surface area (Å²) in [7, 11) is 0. The van der Waals surface area contributed by atoms with Crippen LogP contribution in [-0.2, 0) is 19.2 Å². The first-order chi connectivity index (χ1) is 24.0. The fourth-order valence-electron chi connectivity index (χ4n) is 7.98. The number of hydrazine groups is 1. The van der Waals surface area contributed by atoms with Crippen LogP contribution in [0.2, 0.25) is 0 Å². The first-order valence-corrected chi connectivity index (χ1v) is 15.9. The molecule has 4 aliphatic heterocycles. The van der Waals surface area contributed by atoms with Crippen molar-refractivity contribution in [2.45, 2.75) is 38.0 Å². The van der Waals surface area contributed by atoms with Gasteiger partial charge in [0.05, 0.1) is 45.1 Å². The van der Waals surface area contributed by atoms with Gasteiger partial charge < -0.3 is 0 Å². The predicted molar refractivity (Wildman–Crippen MR) is 177 cm³/mol. The minimum atomic E-state index is -1.16. The van der Waals surface area contributed by atoms with Crippen molar-refractivity contribution in [3.63, 3.8) is 0 Å². The first-order valence-electron chi connectivity index (χ1n) is 15.9. The maximum absolute atomic E-state index is 14.5. The van der Waals surface area contributed by atoms with Crippen LogP contribution < -0.4 is 9.80 Å². The van der Waals surface area contributed by atoms with E-state index < -0.39 is 69.5 Å². The van der Waals surface area contributed by atoms with Crippen molar-refractivity contribution in [2.75, 3.05) is 9.80 Å². The Bertz CT molecular complexity index is 1970. The second-order valence-corrected chi connectivity index (χ2v) is 13.0. The van der Waals surface area contributed by atoms with E-state index in [1.807, 2.05) is 13.8 Å². The van der Waals surface area contributed by atoms with Crippen molar-refractivity contribution < 1.29 is 29.0 Å². The molecule has 14 nitrogen and oxygen atoms in total. The average molecular weight is 673 g/mol. The molecule has 8 rings (SSSR count). The zero-order valence-corrected chi connectivity index (χ0v) is 26.7. The Labute approximate surface area is 284 Å². The lowest BCUT2D eigenvalue weighted by molar-refractivity contribution is -0.385. The number of hydrogen-bond acceptors (Lipinski definition) is 10. The maximum atomic E-state index is 14.5. The zero-order chi connectivity index (χ0) is 35.2. The Kier molecular flexibility index (Phi) is 6.99. The molecule has 250 valence electrons. The third-order valence-electron chi connectivity index (χ3n) is 10.2. The van der Waals surface area contributed by atoms with Gasteiger partial charge in [0.25, 0.3) is 23.2 Å². The molecule has 6 unspecified atom stereocenters. The number of non-ortho nitro benzene ring substituents is 2. The molecule has 4 aliphatic rings. The van der Waals surface area contributed by atoms with E-state index in [2.05, 4.69) is 0 Å². The van der Waals surface area contributed by atoms with Crippen LogP contribution >= 0.6 is 0 Å². The van der Waals surface area contributed by atoms with Gasteiger partial charge in [-0.2, -0.15) is 0 Å². The summed E-state index contributed by atoms with van der Waals surface area (Å²) in [5, 5.41) is 26.4. The number of fused-ring (bicyclic) bond motifs is 5. The van der Waals surface area contributed by atoms with E-state index in [4.69, 9.17) is 0 Å². The van der Waals surface area contributed by atoms with Gasteiger partial charge in [-0.3, -0.25) is 39.4 Å². The molecular weight excluding hydrogens is 644 g/mol. The number of carbonyl (C=O) groups excluding carboxylic acids is 4. The van der Waals surface area contributed by atoms with Crippen LogP contribution in [0.15, 0.2) is 97.1 Å². The van der Waals surface area contributed by atoms with Gasteiger partial charge in [0.2, 0.25) is 11.8 Å². The van der Waals surface area contributed by atoms with Gasteiger partial charge in [-0.05, 0) is 49.2 Å². The second kappa shape index (κ2) is 11.2. The first kappa shape index (κ1) is 31.2. The molecule has 0 radical (unpaired) electrons. The number of amides is 4. The zero-order valence-electron chi connectivity index (χ0n) is 26.7. The van der Waals surface area contributed by atoms with Crippen LogP contribution in [0, 0.1) is 45.9 Å². The van der Waals surface area contributed by atoms with E-state index in [0.717, 1.165) is 20.9 Å². The van der Waals surface area contributed by atoms with E-state index in [1.165, 1.54) is 48.5 Å². The van der Waals surface area contributed by atoms with Gasteiger partial charge in [0.15, 0.2) is 0 Å². The highest BCUT2D eigenvalue weighted by atomic mass is 16.6. The molecule has 4 aromatic rings. The fraction of sp³-hybridized carbons (Fsp3) is 0.222. The number of nitro groups is 2. The molecule has 0 N–H and O–H groups in total. The van der Waals surface area contributed by atoms with Gasteiger partial charge >= 0.3 is 0 Å². The summed E-state index contributed by atoms with van der Waals surface area (Å²) in [6.07, 6.45) is 0. The van der Waals surface area contributed by atoms with Crippen LogP contribution in [0.1, 0.15) is 34.3 Å². The SMILES string of the molecule is Cc1ccc(N2C(=O)C3C(C2=O)N2C(c4ccc([N+](=O)[O-])cc4)C4C(=O)N(c5ccc(C)cc5)C(=O)C4N2C3c2ccc([N+](=O)[O-])cc2)cc1. The minimum absolute atomic E-state index is 0.184. The summed E-state index contributed by atoms with van der Waals surface area (Å²) in [6.45, 7) is 3.75. The van der Waals surface area contributed by atoms with Crippen LogP contribution in [0.25, 0.3) is 0 Å². The molecule has 4 amide bonds. The Morgan fingerprint density at radius 2 is 0.780 bits per heavy atom. The molecule has 50 heavy (non-hydrogen) atoms. The third-order valence-corrected chi connectivity index (χ3v) is 10.2. The largest absolute Gasteiger partial charge is 0.274 e. The van der Waals surface area contributed by atoms with E-state index in [9.17, 15) is 39.4 Å². The third kappa shape index (κ3) is 4.42.